The molecule has 0 bridgehead atoms. The van der Waals surface area contributed by atoms with E-state index in [1.807, 2.05) is 0 Å². The zero-order valence-electron chi connectivity index (χ0n) is 14.3. The molecule has 1 heteroatoms. The highest BCUT2D eigenvalue weighted by atomic mass is 15.1. The monoisotopic (exact) mass is 295 g/mol. The Labute approximate surface area is 136 Å². The van der Waals surface area contributed by atoms with E-state index < -0.39 is 0 Å². The molecule has 1 nitrogen and oxygen atoms in total. The van der Waals surface area contributed by atoms with Crippen LogP contribution in [0.2, 0.25) is 0 Å². The quantitative estimate of drug-likeness (QED) is 0.641. The average Bonchev–Trinajstić information content (AvgIpc) is 2.54. The number of nitrogens with zero attached hydrogens (tertiary/aromatic N) is 1. The van der Waals surface area contributed by atoms with Crippen molar-refractivity contribution < 1.29 is 0 Å². The number of hydrogen-bond donors (Lipinski definition) is 0. The SMILES string of the molecule is CCCC(c1ccccc1CCCc1ccccc1)N(C)C. The third-order valence-electron chi connectivity index (χ3n) is 4.35. The fraction of sp³-hybridized carbons (Fsp3) is 0.429. The number of aryl methyl sites for hydroxylation is 2. The second-order valence-corrected chi connectivity index (χ2v) is 6.31. The van der Waals surface area contributed by atoms with E-state index in [2.05, 4.69) is 80.5 Å². The summed E-state index contributed by atoms with van der Waals surface area (Å²) in [5.41, 5.74) is 4.48. The van der Waals surface area contributed by atoms with Crippen molar-refractivity contribution in [3.63, 3.8) is 0 Å². The van der Waals surface area contributed by atoms with Crippen molar-refractivity contribution >= 4 is 0 Å². The van der Waals surface area contributed by atoms with Crippen molar-refractivity contribution in [1.82, 2.24) is 4.90 Å². The summed E-state index contributed by atoms with van der Waals surface area (Å²) in [5.74, 6) is 0. The fourth-order valence-corrected chi connectivity index (χ4v) is 3.18. The van der Waals surface area contributed by atoms with Crippen LogP contribution in [0.5, 0.6) is 0 Å². The summed E-state index contributed by atoms with van der Waals surface area (Å²) < 4.78 is 0. The number of rotatable bonds is 8. The minimum Gasteiger partial charge on any atom is -0.302 e. The Kier molecular flexibility index (Phi) is 6.67. The van der Waals surface area contributed by atoms with Gasteiger partial charge in [0.1, 0.15) is 0 Å². The summed E-state index contributed by atoms with van der Waals surface area (Å²) in [7, 11) is 4.39. The summed E-state index contributed by atoms with van der Waals surface area (Å²) in [5, 5.41) is 0. The molecular weight excluding hydrogens is 266 g/mol. The molecule has 0 aromatic heterocycles. The van der Waals surface area contributed by atoms with Crippen LogP contribution in [0.4, 0.5) is 0 Å². The van der Waals surface area contributed by atoms with Crippen molar-refractivity contribution in [3.05, 3.63) is 71.3 Å². The molecule has 0 saturated heterocycles. The molecule has 118 valence electrons. The fourth-order valence-electron chi connectivity index (χ4n) is 3.18. The van der Waals surface area contributed by atoms with Crippen LogP contribution in [-0.4, -0.2) is 19.0 Å². The highest BCUT2D eigenvalue weighted by Gasteiger charge is 2.16. The van der Waals surface area contributed by atoms with E-state index >= 15 is 0 Å². The lowest BCUT2D eigenvalue weighted by Gasteiger charge is -2.26. The summed E-state index contributed by atoms with van der Waals surface area (Å²) in [6, 6.07) is 20.3. The van der Waals surface area contributed by atoms with E-state index in [9.17, 15) is 0 Å². The number of hydrogen-bond acceptors (Lipinski definition) is 1. The molecule has 0 N–H and O–H groups in total. The van der Waals surface area contributed by atoms with Crippen LogP contribution in [0, 0.1) is 0 Å². The normalized spacial score (nSPS) is 12.5. The van der Waals surface area contributed by atoms with E-state index in [4.69, 9.17) is 0 Å². The van der Waals surface area contributed by atoms with Gasteiger partial charge < -0.3 is 4.90 Å². The van der Waals surface area contributed by atoms with Crippen LogP contribution < -0.4 is 0 Å². The smallest absolute Gasteiger partial charge is 0.0344 e. The Bertz CT molecular complexity index is 545. The van der Waals surface area contributed by atoms with E-state index in [1.165, 1.54) is 42.4 Å². The summed E-state index contributed by atoms with van der Waals surface area (Å²) >= 11 is 0. The largest absolute Gasteiger partial charge is 0.302 e. The summed E-state index contributed by atoms with van der Waals surface area (Å²) in [6.45, 7) is 2.27. The number of benzene rings is 2. The van der Waals surface area contributed by atoms with Crippen molar-refractivity contribution in [2.45, 2.75) is 45.1 Å². The minimum absolute atomic E-state index is 0.540. The molecule has 0 saturated carbocycles. The maximum Gasteiger partial charge on any atom is 0.0344 e. The lowest BCUT2D eigenvalue weighted by Crippen LogP contribution is -2.21. The van der Waals surface area contributed by atoms with E-state index in [1.54, 1.807) is 0 Å². The van der Waals surface area contributed by atoms with Gasteiger partial charge in [-0.1, -0.05) is 67.9 Å². The summed E-state index contributed by atoms with van der Waals surface area (Å²) in [6.07, 6.45) is 5.99. The van der Waals surface area contributed by atoms with Gasteiger partial charge in [0.25, 0.3) is 0 Å². The molecule has 2 aromatic carbocycles. The zero-order valence-corrected chi connectivity index (χ0v) is 14.3. The highest BCUT2D eigenvalue weighted by molar-refractivity contribution is 5.30. The maximum absolute atomic E-state index is 2.36. The Morgan fingerprint density at radius 2 is 1.55 bits per heavy atom. The van der Waals surface area contributed by atoms with E-state index in [0.717, 1.165) is 6.42 Å². The first-order chi connectivity index (χ1) is 10.7. The molecule has 2 aromatic rings. The van der Waals surface area contributed by atoms with Gasteiger partial charge in [-0.15, -0.1) is 0 Å². The van der Waals surface area contributed by atoms with Gasteiger partial charge in [-0.2, -0.15) is 0 Å². The molecule has 0 aliphatic carbocycles. The first-order valence-electron chi connectivity index (χ1n) is 8.50. The summed E-state index contributed by atoms with van der Waals surface area (Å²) in [4.78, 5) is 2.36. The second-order valence-electron chi connectivity index (χ2n) is 6.31. The topological polar surface area (TPSA) is 3.24 Å². The standard InChI is InChI=1S/C21H29N/c1-4-11-21(22(2)3)20-17-9-8-15-19(20)16-10-14-18-12-6-5-7-13-18/h5-9,12-13,15,17,21H,4,10-11,14,16H2,1-3H3. The van der Waals surface area contributed by atoms with Gasteiger partial charge in [0.15, 0.2) is 0 Å². The molecule has 2 rings (SSSR count). The van der Waals surface area contributed by atoms with Crippen molar-refractivity contribution in [1.29, 1.82) is 0 Å². The lowest BCUT2D eigenvalue weighted by molar-refractivity contribution is 0.280. The van der Waals surface area contributed by atoms with Gasteiger partial charge in [0.05, 0.1) is 0 Å². The maximum atomic E-state index is 2.36. The Hall–Kier alpha value is -1.60. The van der Waals surface area contributed by atoms with Gasteiger partial charge in [0, 0.05) is 6.04 Å². The molecule has 0 heterocycles. The molecule has 0 aliphatic heterocycles. The highest BCUT2D eigenvalue weighted by Crippen LogP contribution is 2.27. The molecular formula is C21H29N. The van der Waals surface area contributed by atoms with Gasteiger partial charge in [-0.3, -0.25) is 0 Å². The molecule has 0 aliphatic rings. The molecule has 0 radical (unpaired) electrons. The van der Waals surface area contributed by atoms with Crippen LogP contribution in [0.3, 0.4) is 0 Å². The first kappa shape index (κ1) is 16.8. The second kappa shape index (κ2) is 8.75. The van der Waals surface area contributed by atoms with Gasteiger partial charge in [-0.25, -0.2) is 0 Å². The van der Waals surface area contributed by atoms with Crippen LogP contribution in [0.15, 0.2) is 54.6 Å². The molecule has 1 atom stereocenters. The van der Waals surface area contributed by atoms with Crippen LogP contribution >= 0.6 is 0 Å². The third-order valence-corrected chi connectivity index (χ3v) is 4.35. The van der Waals surface area contributed by atoms with Crippen molar-refractivity contribution in [2.75, 3.05) is 14.1 Å². The Morgan fingerprint density at radius 3 is 2.23 bits per heavy atom. The zero-order chi connectivity index (χ0) is 15.8. The molecule has 1 unspecified atom stereocenters. The minimum atomic E-state index is 0.540. The average molecular weight is 295 g/mol. The molecule has 0 amide bonds. The predicted molar refractivity (Wildman–Crippen MR) is 96.2 cm³/mol. The van der Waals surface area contributed by atoms with Gasteiger partial charge in [-0.05, 0) is 56.5 Å². The van der Waals surface area contributed by atoms with Gasteiger partial charge in [0.2, 0.25) is 0 Å². The van der Waals surface area contributed by atoms with Gasteiger partial charge >= 0.3 is 0 Å². The van der Waals surface area contributed by atoms with Crippen molar-refractivity contribution in [2.24, 2.45) is 0 Å². The first-order valence-corrected chi connectivity index (χ1v) is 8.50. The molecule has 22 heavy (non-hydrogen) atoms. The lowest BCUT2D eigenvalue weighted by atomic mass is 9.93. The van der Waals surface area contributed by atoms with Crippen molar-refractivity contribution in [3.8, 4) is 0 Å². The van der Waals surface area contributed by atoms with E-state index in [-0.39, 0.29) is 0 Å². The Balaban J connectivity index is 2.04. The van der Waals surface area contributed by atoms with E-state index in [0.29, 0.717) is 6.04 Å². The Morgan fingerprint density at radius 1 is 0.864 bits per heavy atom. The van der Waals surface area contributed by atoms with Crippen LogP contribution in [0.1, 0.15) is 48.9 Å². The van der Waals surface area contributed by atoms with Crippen LogP contribution in [-0.2, 0) is 12.8 Å². The predicted octanol–water partition coefficient (Wildman–Crippen LogP) is 5.26. The molecule has 0 spiro atoms. The molecule has 0 fully saturated rings. The third kappa shape index (κ3) is 4.71. The van der Waals surface area contributed by atoms with Crippen LogP contribution in [0.25, 0.3) is 0 Å².